The van der Waals surface area contributed by atoms with E-state index in [0.29, 0.717) is 12.5 Å². The fourth-order valence-electron chi connectivity index (χ4n) is 1.44. The number of nitrogens with zero attached hydrogens (tertiary/aromatic N) is 1. The van der Waals surface area contributed by atoms with E-state index in [0.717, 1.165) is 13.1 Å². The Balaban J connectivity index is 4.15. The molecule has 0 fully saturated rings. The Hall–Kier alpha value is -0.570. The van der Waals surface area contributed by atoms with E-state index < -0.39 is 0 Å². The minimum atomic E-state index is -0.123. The van der Waals surface area contributed by atoms with Crippen LogP contribution in [-0.2, 0) is 9.53 Å². The highest BCUT2D eigenvalue weighted by atomic mass is 16.5. The Morgan fingerprint density at radius 1 is 1.29 bits per heavy atom. The molecule has 0 aliphatic carbocycles. The van der Waals surface area contributed by atoms with Crippen molar-refractivity contribution in [2.24, 2.45) is 5.92 Å². The number of esters is 1. The van der Waals surface area contributed by atoms with Gasteiger partial charge >= 0.3 is 5.97 Å². The monoisotopic (exact) mass is 201 g/mol. The van der Waals surface area contributed by atoms with E-state index in [1.54, 1.807) is 0 Å². The largest absolute Gasteiger partial charge is 0.465 e. The standard InChI is InChI=1S/C11H23NO2/c1-6-12(8-9(3)4)10(5)11(13)14-7-2/h9-10H,6-8H2,1-5H3. The van der Waals surface area contributed by atoms with Gasteiger partial charge in [-0.05, 0) is 26.3 Å². The number of ether oxygens (including phenoxy) is 1. The van der Waals surface area contributed by atoms with Crippen molar-refractivity contribution in [2.45, 2.75) is 40.7 Å². The van der Waals surface area contributed by atoms with Crippen molar-refractivity contribution >= 4 is 5.97 Å². The summed E-state index contributed by atoms with van der Waals surface area (Å²) in [5, 5.41) is 0. The predicted molar refractivity (Wildman–Crippen MR) is 58.2 cm³/mol. The lowest BCUT2D eigenvalue weighted by molar-refractivity contribution is -0.149. The van der Waals surface area contributed by atoms with Crippen molar-refractivity contribution in [3.05, 3.63) is 0 Å². The predicted octanol–water partition coefficient (Wildman–Crippen LogP) is 1.92. The number of likely N-dealkylation sites (N-methyl/N-ethyl adjacent to an activating group) is 1. The van der Waals surface area contributed by atoms with Crippen LogP contribution in [0.1, 0.15) is 34.6 Å². The fraction of sp³-hybridized carbons (Fsp3) is 0.909. The van der Waals surface area contributed by atoms with Crippen LogP contribution in [0.5, 0.6) is 0 Å². The normalized spacial score (nSPS) is 13.4. The maximum atomic E-state index is 11.5. The molecule has 1 unspecified atom stereocenters. The van der Waals surface area contributed by atoms with E-state index in [1.807, 2.05) is 13.8 Å². The molecule has 0 radical (unpaired) electrons. The van der Waals surface area contributed by atoms with Crippen molar-refractivity contribution in [2.75, 3.05) is 19.7 Å². The van der Waals surface area contributed by atoms with Crippen molar-refractivity contribution in [3.63, 3.8) is 0 Å². The quantitative estimate of drug-likeness (QED) is 0.615. The molecule has 84 valence electrons. The van der Waals surface area contributed by atoms with Gasteiger partial charge in [0.2, 0.25) is 0 Å². The first-order valence-electron chi connectivity index (χ1n) is 5.43. The summed E-state index contributed by atoms with van der Waals surface area (Å²) in [5.41, 5.74) is 0. The third kappa shape index (κ3) is 4.61. The molecule has 0 rings (SSSR count). The second-order valence-corrected chi connectivity index (χ2v) is 3.91. The van der Waals surface area contributed by atoms with Crippen molar-refractivity contribution in [1.82, 2.24) is 4.90 Å². The van der Waals surface area contributed by atoms with Gasteiger partial charge in [0.1, 0.15) is 6.04 Å². The van der Waals surface area contributed by atoms with Gasteiger partial charge in [0.25, 0.3) is 0 Å². The minimum Gasteiger partial charge on any atom is -0.465 e. The number of hydrogen-bond donors (Lipinski definition) is 0. The Kier molecular flexibility index (Phi) is 6.54. The molecule has 0 aliphatic rings. The zero-order valence-corrected chi connectivity index (χ0v) is 10.0. The summed E-state index contributed by atoms with van der Waals surface area (Å²) in [7, 11) is 0. The molecule has 0 N–H and O–H groups in total. The number of hydrogen-bond acceptors (Lipinski definition) is 3. The van der Waals surface area contributed by atoms with Gasteiger partial charge in [-0.25, -0.2) is 0 Å². The smallest absolute Gasteiger partial charge is 0.323 e. The molecule has 3 heteroatoms. The van der Waals surface area contributed by atoms with Gasteiger partial charge in [-0.15, -0.1) is 0 Å². The summed E-state index contributed by atoms with van der Waals surface area (Å²) in [6.45, 7) is 12.4. The van der Waals surface area contributed by atoms with Crippen LogP contribution in [-0.4, -0.2) is 36.6 Å². The first kappa shape index (κ1) is 13.4. The summed E-state index contributed by atoms with van der Waals surface area (Å²) in [6.07, 6.45) is 0. The highest BCUT2D eigenvalue weighted by molar-refractivity contribution is 5.75. The van der Waals surface area contributed by atoms with Crippen LogP contribution in [0.4, 0.5) is 0 Å². The second kappa shape index (κ2) is 6.82. The van der Waals surface area contributed by atoms with Crippen LogP contribution in [0.2, 0.25) is 0 Å². The molecular formula is C11H23NO2. The summed E-state index contributed by atoms with van der Waals surface area (Å²) in [4.78, 5) is 13.6. The van der Waals surface area contributed by atoms with Crippen molar-refractivity contribution in [3.8, 4) is 0 Å². The molecule has 0 aliphatic heterocycles. The van der Waals surface area contributed by atoms with E-state index >= 15 is 0 Å². The van der Waals surface area contributed by atoms with Crippen LogP contribution in [0.15, 0.2) is 0 Å². The topological polar surface area (TPSA) is 29.5 Å². The van der Waals surface area contributed by atoms with Gasteiger partial charge in [-0.3, -0.25) is 9.69 Å². The molecule has 0 spiro atoms. The van der Waals surface area contributed by atoms with E-state index in [4.69, 9.17) is 4.74 Å². The summed E-state index contributed by atoms with van der Waals surface area (Å²) >= 11 is 0. The van der Waals surface area contributed by atoms with Crippen LogP contribution in [0, 0.1) is 5.92 Å². The van der Waals surface area contributed by atoms with Gasteiger partial charge in [0, 0.05) is 6.54 Å². The molecule has 0 aromatic heterocycles. The molecule has 0 amide bonds. The van der Waals surface area contributed by atoms with Crippen LogP contribution in [0.25, 0.3) is 0 Å². The molecule has 1 atom stereocenters. The molecule has 0 bridgehead atoms. The molecule has 0 saturated carbocycles. The van der Waals surface area contributed by atoms with Gasteiger partial charge in [-0.1, -0.05) is 20.8 Å². The molecular weight excluding hydrogens is 178 g/mol. The minimum absolute atomic E-state index is 0.116. The van der Waals surface area contributed by atoms with Gasteiger partial charge in [0.15, 0.2) is 0 Å². The molecule has 0 aromatic carbocycles. The number of rotatable bonds is 6. The zero-order chi connectivity index (χ0) is 11.1. The molecule has 0 aromatic rings. The van der Waals surface area contributed by atoms with Crippen molar-refractivity contribution < 1.29 is 9.53 Å². The Labute approximate surface area is 87.4 Å². The molecule has 14 heavy (non-hydrogen) atoms. The first-order chi connectivity index (χ1) is 6.52. The maximum absolute atomic E-state index is 11.5. The third-order valence-corrected chi connectivity index (χ3v) is 2.18. The highest BCUT2D eigenvalue weighted by Gasteiger charge is 2.21. The Morgan fingerprint density at radius 3 is 2.21 bits per heavy atom. The average molecular weight is 201 g/mol. The first-order valence-corrected chi connectivity index (χ1v) is 5.43. The average Bonchev–Trinajstić information content (AvgIpc) is 2.13. The van der Waals surface area contributed by atoms with E-state index in [2.05, 4.69) is 25.7 Å². The van der Waals surface area contributed by atoms with Crippen molar-refractivity contribution in [1.29, 1.82) is 0 Å². The Morgan fingerprint density at radius 2 is 1.86 bits per heavy atom. The van der Waals surface area contributed by atoms with Crippen LogP contribution in [0.3, 0.4) is 0 Å². The maximum Gasteiger partial charge on any atom is 0.323 e. The number of carbonyl (C=O) groups is 1. The SMILES string of the molecule is CCOC(=O)C(C)N(CC)CC(C)C. The molecule has 0 heterocycles. The number of carbonyl (C=O) groups excluding carboxylic acids is 1. The van der Waals surface area contributed by atoms with Gasteiger partial charge < -0.3 is 4.74 Å². The highest BCUT2D eigenvalue weighted by Crippen LogP contribution is 2.05. The van der Waals surface area contributed by atoms with Crippen LogP contribution < -0.4 is 0 Å². The van der Waals surface area contributed by atoms with E-state index in [9.17, 15) is 4.79 Å². The summed E-state index contributed by atoms with van der Waals surface area (Å²) in [5.74, 6) is 0.460. The molecule has 0 saturated heterocycles. The van der Waals surface area contributed by atoms with E-state index in [-0.39, 0.29) is 12.0 Å². The molecule has 3 nitrogen and oxygen atoms in total. The van der Waals surface area contributed by atoms with Crippen LogP contribution >= 0.6 is 0 Å². The lowest BCUT2D eigenvalue weighted by Crippen LogP contribution is -2.41. The Bertz CT molecular complexity index is 169. The lowest BCUT2D eigenvalue weighted by Gasteiger charge is -2.27. The second-order valence-electron chi connectivity index (χ2n) is 3.91. The summed E-state index contributed by atoms with van der Waals surface area (Å²) in [6, 6.07) is -0.123. The summed E-state index contributed by atoms with van der Waals surface area (Å²) < 4.78 is 4.99. The fourth-order valence-corrected chi connectivity index (χ4v) is 1.44. The lowest BCUT2D eigenvalue weighted by atomic mass is 10.1. The zero-order valence-electron chi connectivity index (χ0n) is 10.0. The van der Waals surface area contributed by atoms with Gasteiger partial charge in [0.05, 0.1) is 6.61 Å². The van der Waals surface area contributed by atoms with E-state index in [1.165, 1.54) is 0 Å². The van der Waals surface area contributed by atoms with Gasteiger partial charge in [-0.2, -0.15) is 0 Å². The third-order valence-electron chi connectivity index (χ3n) is 2.18.